The maximum absolute atomic E-state index is 11.7. The Hall–Kier alpha value is -0.280. The van der Waals surface area contributed by atoms with Gasteiger partial charge in [0.15, 0.2) is 0 Å². The summed E-state index contributed by atoms with van der Waals surface area (Å²) in [5.41, 5.74) is 0. The number of hydrogen-bond acceptors (Lipinski definition) is 2. The lowest BCUT2D eigenvalue weighted by Gasteiger charge is -2.32. The van der Waals surface area contributed by atoms with Crippen molar-refractivity contribution >= 4 is 17.5 Å². The SMILES string of the molecule is CC(C)N(CCN1CC(CCl)CC1=O)C(C)C. The van der Waals surface area contributed by atoms with Crippen molar-refractivity contribution < 1.29 is 4.79 Å². The van der Waals surface area contributed by atoms with Gasteiger partial charge in [0.05, 0.1) is 0 Å². The Morgan fingerprint density at radius 3 is 2.35 bits per heavy atom. The van der Waals surface area contributed by atoms with Crippen LogP contribution in [0.1, 0.15) is 34.1 Å². The Morgan fingerprint density at radius 1 is 1.35 bits per heavy atom. The minimum Gasteiger partial charge on any atom is -0.341 e. The highest BCUT2D eigenvalue weighted by molar-refractivity contribution is 6.18. The fraction of sp³-hybridized carbons (Fsp3) is 0.923. The number of carbonyl (C=O) groups is 1. The van der Waals surface area contributed by atoms with Crippen molar-refractivity contribution in [2.24, 2.45) is 5.92 Å². The monoisotopic (exact) mass is 260 g/mol. The first-order valence-electron chi connectivity index (χ1n) is 6.55. The second-order valence-corrected chi connectivity index (χ2v) is 5.80. The summed E-state index contributed by atoms with van der Waals surface area (Å²) in [6.45, 7) is 11.4. The molecular weight excluding hydrogens is 236 g/mol. The van der Waals surface area contributed by atoms with Gasteiger partial charge in [-0.2, -0.15) is 0 Å². The third-order valence-electron chi connectivity index (χ3n) is 3.47. The van der Waals surface area contributed by atoms with E-state index < -0.39 is 0 Å². The molecule has 0 aromatic rings. The maximum Gasteiger partial charge on any atom is 0.223 e. The molecule has 1 fully saturated rings. The molecule has 4 heteroatoms. The number of amides is 1. The smallest absolute Gasteiger partial charge is 0.223 e. The first kappa shape index (κ1) is 14.8. The highest BCUT2D eigenvalue weighted by atomic mass is 35.5. The summed E-state index contributed by atoms with van der Waals surface area (Å²) in [6.07, 6.45) is 0.632. The van der Waals surface area contributed by atoms with Crippen LogP contribution in [-0.4, -0.2) is 53.3 Å². The van der Waals surface area contributed by atoms with Crippen LogP contribution in [-0.2, 0) is 4.79 Å². The van der Waals surface area contributed by atoms with Gasteiger partial charge >= 0.3 is 0 Å². The van der Waals surface area contributed by atoms with Crippen molar-refractivity contribution in [1.29, 1.82) is 0 Å². The standard InChI is InChI=1S/C13H25ClN2O/c1-10(2)16(11(3)4)6-5-15-9-12(8-14)7-13(15)17/h10-12H,5-9H2,1-4H3. The predicted octanol–water partition coefficient (Wildman–Crippen LogP) is 2.19. The number of rotatable bonds is 6. The van der Waals surface area contributed by atoms with Crippen LogP contribution < -0.4 is 0 Å². The molecule has 0 aliphatic carbocycles. The molecule has 0 aromatic carbocycles. The lowest BCUT2D eigenvalue weighted by molar-refractivity contribution is -0.128. The highest BCUT2D eigenvalue weighted by Crippen LogP contribution is 2.19. The van der Waals surface area contributed by atoms with E-state index in [-0.39, 0.29) is 5.91 Å². The van der Waals surface area contributed by atoms with E-state index in [2.05, 4.69) is 32.6 Å². The van der Waals surface area contributed by atoms with Crippen molar-refractivity contribution in [3.05, 3.63) is 0 Å². The lowest BCUT2D eigenvalue weighted by atomic mass is 10.1. The summed E-state index contributed by atoms with van der Waals surface area (Å²) in [4.78, 5) is 16.1. The molecule has 17 heavy (non-hydrogen) atoms. The summed E-state index contributed by atoms with van der Waals surface area (Å²) in [5, 5.41) is 0. The van der Waals surface area contributed by atoms with E-state index >= 15 is 0 Å². The van der Waals surface area contributed by atoms with Gasteiger partial charge < -0.3 is 4.90 Å². The molecule has 1 aliphatic rings. The average Bonchev–Trinajstić information content (AvgIpc) is 2.59. The zero-order valence-corrected chi connectivity index (χ0v) is 12.2. The van der Waals surface area contributed by atoms with Crippen LogP contribution in [0, 0.1) is 5.92 Å². The van der Waals surface area contributed by atoms with E-state index in [9.17, 15) is 4.79 Å². The van der Waals surface area contributed by atoms with Crippen molar-refractivity contribution in [3.63, 3.8) is 0 Å². The summed E-state index contributed by atoms with van der Waals surface area (Å²) >= 11 is 5.81. The number of likely N-dealkylation sites (tertiary alicyclic amines) is 1. The molecule has 0 bridgehead atoms. The molecule has 1 heterocycles. The van der Waals surface area contributed by atoms with E-state index in [1.807, 2.05) is 4.90 Å². The van der Waals surface area contributed by atoms with Gasteiger partial charge in [-0.3, -0.25) is 9.69 Å². The molecule has 1 aliphatic heterocycles. The van der Waals surface area contributed by atoms with E-state index in [4.69, 9.17) is 11.6 Å². The average molecular weight is 261 g/mol. The molecule has 1 atom stereocenters. The summed E-state index contributed by atoms with van der Waals surface area (Å²) < 4.78 is 0. The Balaban J connectivity index is 2.42. The van der Waals surface area contributed by atoms with Gasteiger partial charge in [0, 0.05) is 44.0 Å². The van der Waals surface area contributed by atoms with Crippen LogP contribution in [0.25, 0.3) is 0 Å². The Bertz CT molecular complexity index is 248. The zero-order chi connectivity index (χ0) is 13.0. The number of hydrogen-bond donors (Lipinski definition) is 0. The van der Waals surface area contributed by atoms with Gasteiger partial charge in [-0.05, 0) is 33.6 Å². The molecule has 1 saturated heterocycles. The summed E-state index contributed by atoms with van der Waals surface area (Å²) in [7, 11) is 0. The molecule has 0 saturated carbocycles. The minimum atomic E-state index is 0.267. The quantitative estimate of drug-likeness (QED) is 0.684. The normalized spacial score (nSPS) is 21.3. The first-order chi connectivity index (χ1) is 7.95. The topological polar surface area (TPSA) is 23.6 Å². The molecule has 0 N–H and O–H groups in total. The fourth-order valence-corrected chi connectivity index (χ4v) is 2.73. The van der Waals surface area contributed by atoms with Gasteiger partial charge in [0.2, 0.25) is 5.91 Å². The van der Waals surface area contributed by atoms with Gasteiger partial charge in [-0.25, -0.2) is 0 Å². The van der Waals surface area contributed by atoms with E-state index in [0.717, 1.165) is 19.6 Å². The third kappa shape index (κ3) is 4.14. The Kier molecular flexibility index (Phi) is 5.74. The van der Waals surface area contributed by atoms with Crippen molar-refractivity contribution in [2.75, 3.05) is 25.5 Å². The number of nitrogens with zero attached hydrogens (tertiary/aromatic N) is 2. The number of carbonyl (C=O) groups excluding carboxylic acids is 1. The fourth-order valence-electron chi connectivity index (χ4n) is 2.52. The van der Waals surface area contributed by atoms with Crippen LogP contribution in [0.4, 0.5) is 0 Å². The second-order valence-electron chi connectivity index (χ2n) is 5.49. The Labute approximate surface area is 110 Å². The summed E-state index contributed by atoms with van der Waals surface area (Å²) in [5.74, 6) is 1.22. The van der Waals surface area contributed by atoms with Crippen LogP contribution in [0.5, 0.6) is 0 Å². The third-order valence-corrected chi connectivity index (χ3v) is 3.90. The molecule has 100 valence electrons. The van der Waals surface area contributed by atoms with E-state index in [1.165, 1.54) is 0 Å². The van der Waals surface area contributed by atoms with E-state index in [1.54, 1.807) is 0 Å². The van der Waals surface area contributed by atoms with Gasteiger partial charge in [0.25, 0.3) is 0 Å². The van der Waals surface area contributed by atoms with Crippen molar-refractivity contribution in [1.82, 2.24) is 9.80 Å². The van der Waals surface area contributed by atoms with Crippen LogP contribution >= 0.6 is 11.6 Å². The largest absolute Gasteiger partial charge is 0.341 e. The molecule has 1 unspecified atom stereocenters. The molecule has 0 spiro atoms. The van der Waals surface area contributed by atoms with Crippen LogP contribution in [0.15, 0.2) is 0 Å². The first-order valence-corrected chi connectivity index (χ1v) is 7.08. The van der Waals surface area contributed by atoms with Gasteiger partial charge in [-0.1, -0.05) is 0 Å². The Morgan fingerprint density at radius 2 is 1.94 bits per heavy atom. The van der Waals surface area contributed by atoms with Crippen molar-refractivity contribution in [3.8, 4) is 0 Å². The van der Waals surface area contributed by atoms with Gasteiger partial charge in [-0.15, -0.1) is 11.6 Å². The molecular formula is C13H25ClN2O. The number of alkyl halides is 1. The van der Waals surface area contributed by atoms with Crippen molar-refractivity contribution in [2.45, 2.75) is 46.2 Å². The number of halogens is 1. The van der Waals surface area contributed by atoms with Crippen LogP contribution in [0.3, 0.4) is 0 Å². The molecule has 1 amide bonds. The highest BCUT2D eigenvalue weighted by Gasteiger charge is 2.29. The molecule has 0 radical (unpaired) electrons. The molecule has 0 aromatic heterocycles. The predicted molar refractivity (Wildman–Crippen MR) is 72.4 cm³/mol. The minimum absolute atomic E-state index is 0.267. The summed E-state index contributed by atoms with van der Waals surface area (Å²) in [6, 6.07) is 1.05. The van der Waals surface area contributed by atoms with Crippen LogP contribution in [0.2, 0.25) is 0 Å². The van der Waals surface area contributed by atoms with E-state index in [0.29, 0.717) is 30.3 Å². The second kappa shape index (κ2) is 6.60. The zero-order valence-electron chi connectivity index (χ0n) is 11.4. The molecule has 3 nitrogen and oxygen atoms in total. The maximum atomic E-state index is 11.7. The molecule has 1 rings (SSSR count). The van der Waals surface area contributed by atoms with Gasteiger partial charge in [0.1, 0.15) is 0 Å². The lowest BCUT2D eigenvalue weighted by Crippen LogP contribution is -2.43.